The first-order chi connectivity index (χ1) is 7.65. The summed E-state index contributed by atoms with van der Waals surface area (Å²) >= 11 is 4.93. The van der Waals surface area contributed by atoms with Crippen LogP contribution in [0, 0.1) is 0 Å². The normalized spacial score (nSPS) is 17.6. The topological polar surface area (TPSA) is 38.0 Å². The summed E-state index contributed by atoms with van der Waals surface area (Å²) < 4.78 is 0. The minimum Gasteiger partial charge on any atom is -0.389 e. The molecule has 3 N–H and O–H groups in total. The smallest absolute Gasteiger partial charge is 0.103 e. The van der Waals surface area contributed by atoms with Gasteiger partial charge in [0.2, 0.25) is 0 Å². The monoisotopic (exact) mass is 234 g/mol. The number of anilines is 1. The van der Waals surface area contributed by atoms with Crippen molar-refractivity contribution < 1.29 is 0 Å². The lowest BCUT2D eigenvalue weighted by Gasteiger charge is -2.43. The molecule has 0 bridgehead atoms. The standard InChI is InChI=1S/C13H18N2S/c1-2-13(8-3-9-13)15-11-6-4-10(5-7-11)12(14)16/h4-7,15H,2-3,8-9H2,1H3,(H2,14,16). The molecule has 0 heterocycles. The number of hydrogen-bond donors (Lipinski definition) is 2. The zero-order valence-corrected chi connectivity index (χ0v) is 10.4. The summed E-state index contributed by atoms with van der Waals surface area (Å²) in [6.45, 7) is 2.25. The predicted molar refractivity (Wildman–Crippen MR) is 72.8 cm³/mol. The number of rotatable bonds is 4. The summed E-state index contributed by atoms with van der Waals surface area (Å²) in [5.41, 5.74) is 8.00. The van der Waals surface area contributed by atoms with Crippen molar-refractivity contribution in [1.29, 1.82) is 0 Å². The molecule has 16 heavy (non-hydrogen) atoms. The van der Waals surface area contributed by atoms with Gasteiger partial charge in [-0.05, 0) is 49.9 Å². The molecule has 86 valence electrons. The number of benzene rings is 1. The first-order valence-corrected chi connectivity index (χ1v) is 6.24. The third kappa shape index (κ3) is 2.19. The van der Waals surface area contributed by atoms with Crippen LogP contribution < -0.4 is 11.1 Å². The first-order valence-electron chi connectivity index (χ1n) is 5.83. The Morgan fingerprint density at radius 2 is 2.00 bits per heavy atom. The molecule has 3 heteroatoms. The predicted octanol–water partition coefficient (Wildman–Crippen LogP) is 3.07. The number of thiocarbonyl (C=S) groups is 1. The molecule has 1 aliphatic carbocycles. The fourth-order valence-corrected chi connectivity index (χ4v) is 2.33. The van der Waals surface area contributed by atoms with Gasteiger partial charge in [-0.2, -0.15) is 0 Å². The maximum absolute atomic E-state index is 5.57. The Hall–Kier alpha value is -1.09. The van der Waals surface area contributed by atoms with Crippen molar-refractivity contribution in [2.24, 2.45) is 5.73 Å². The molecule has 0 amide bonds. The Balaban J connectivity index is 2.07. The third-order valence-corrected chi connectivity index (χ3v) is 3.80. The van der Waals surface area contributed by atoms with Crippen molar-refractivity contribution in [3.05, 3.63) is 29.8 Å². The first kappa shape index (κ1) is 11.4. The van der Waals surface area contributed by atoms with Crippen molar-refractivity contribution in [3.8, 4) is 0 Å². The minimum atomic E-state index is 0.338. The van der Waals surface area contributed by atoms with E-state index in [0.29, 0.717) is 10.5 Å². The average molecular weight is 234 g/mol. The summed E-state index contributed by atoms with van der Waals surface area (Å²) in [6, 6.07) is 8.08. The Morgan fingerprint density at radius 3 is 2.38 bits per heavy atom. The highest BCUT2D eigenvalue weighted by molar-refractivity contribution is 7.80. The Morgan fingerprint density at radius 1 is 1.38 bits per heavy atom. The van der Waals surface area contributed by atoms with E-state index in [9.17, 15) is 0 Å². The zero-order valence-electron chi connectivity index (χ0n) is 9.62. The largest absolute Gasteiger partial charge is 0.389 e. The maximum atomic E-state index is 5.57. The van der Waals surface area contributed by atoms with Gasteiger partial charge in [-0.1, -0.05) is 19.1 Å². The summed E-state index contributed by atoms with van der Waals surface area (Å²) in [7, 11) is 0. The van der Waals surface area contributed by atoms with Crippen molar-refractivity contribution in [2.45, 2.75) is 38.1 Å². The highest BCUT2D eigenvalue weighted by Gasteiger charge is 2.34. The second-order valence-corrected chi connectivity index (χ2v) is 4.99. The van der Waals surface area contributed by atoms with Crippen LogP contribution >= 0.6 is 12.2 Å². The van der Waals surface area contributed by atoms with Crippen LogP contribution in [0.4, 0.5) is 5.69 Å². The molecule has 0 atom stereocenters. The van der Waals surface area contributed by atoms with Gasteiger partial charge < -0.3 is 11.1 Å². The van der Waals surface area contributed by atoms with Gasteiger partial charge >= 0.3 is 0 Å². The van der Waals surface area contributed by atoms with Crippen LogP contribution in [0.15, 0.2) is 24.3 Å². The molecule has 0 spiro atoms. The Bertz CT molecular complexity index is 374. The molecule has 0 saturated heterocycles. The van der Waals surface area contributed by atoms with E-state index in [4.69, 9.17) is 18.0 Å². The van der Waals surface area contributed by atoms with Crippen LogP contribution in [0.1, 0.15) is 38.2 Å². The minimum absolute atomic E-state index is 0.338. The highest BCUT2D eigenvalue weighted by Crippen LogP contribution is 2.37. The Labute approximate surface area is 102 Å². The van der Waals surface area contributed by atoms with Crippen LogP contribution in [0.25, 0.3) is 0 Å². The van der Waals surface area contributed by atoms with E-state index < -0.39 is 0 Å². The van der Waals surface area contributed by atoms with Crippen LogP contribution in [-0.4, -0.2) is 10.5 Å². The highest BCUT2D eigenvalue weighted by atomic mass is 32.1. The van der Waals surface area contributed by atoms with E-state index >= 15 is 0 Å². The van der Waals surface area contributed by atoms with Crippen LogP contribution in [0.2, 0.25) is 0 Å². The van der Waals surface area contributed by atoms with Crippen molar-refractivity contribution >= 4 is 22.9 Å². The average Bonchev–Trinajstić information content (AvgIpc) is 2.24. The molecular formula is C13H18N2S. The van der Waals surface area contributed by atoms with Gasteiger partial charge in [-0.3, -0.25) is 0 Å². The van der Waals surface area contributed by atoms with Crippen molar-refractivity contribution in [3.63, 3.8) is 0 Å². The van der Waals surface area contributed by atoms with Crippen molar-refractivity contribution in [2.75, 3.05) is 5.32 Å². The van der Waals surface area contributed by atoms with Crippen LogP contribution in [0.5, 0.6) is 0 Å². The number of hydrogen-bond acceptors (Lipinski definition) is 2. The van der Waals surface area contributed by atoms with E-state index in [2.05, 4.69) is 24.4 Å². The van der Waals surface area contributed by atoms with Gasteiger partial charge in [0.25, 0.3) is 0 Å². The quantitative estimate of drug-likeness (QED) is 0.786. The summed E-state index contributed by atoms with van der Waals surface area (Å²) in [6.07, 6.45) is 5.08. The lowest BCUT2D eigenvalue weighted by Crippen LogP contribution is -2.44. The molecule has 0 unspecified atom stereocenters. The molecule has 2 rings (SSSR count). The SMILES string of the molecule is CCC1(Nc2ccc(C(N)=S)cc2)CCC1. The van der Waals surface area contributed by atoms with E-state index in [1.54, 1.807) is 0 Å². The summed E-state index contributed by atoms with van der Waals surface area (Å²) in [4.78, 5) is 0.459. The van der Waals surface area contributed by atoms with E-state index in [-0.39, 0.29) is 0 Å². The third-order valence-electron chi connectivity index (χ3n) is 3.57. The fourth-order valence-electron chi connectivity index (χ4n) is 2.19. The Kier molecular flexibility index (Phi) is 3.15. The van der Waals surface area contributed by atoms with E-state index in [0.717, 1.165) is 5.56 Å². The second kappa shape index (κ2) is 4.42. The molecule has 0 radical (unpaired) electrons. The van der Waals surface area contributed by atoms with Crippen molar-refractivity contribution in [1.82, 2.24) is 0 Å². The van der Waals surface area contributed by atoms with Gasteiger partial charge in [-0.15, -0.1) is 0 Å². The molecule has 1 aliphatic rings. The van der Waals surface area contributed by atoms with Gasteiger partial charge in [0.15, 0.2) is 0 Å². The van der Waals surface area contributed by atoms with Gasteiger partial charge in [-0.25, -0.2) is 0 Å². The lowest BCUT2D eigenvalue weighted by molar-refractivity contribution is 0.269. The summed E-state index contributed by atoms with van der Waals surface area (Å²) in [5.74, 6) is 0. The number of nitrogens with two attached hydrogens (primary N) is 1. The molecule has 2 nitrogen and oxygen atoms in total. The maximum Gasteiger partial charge on any atom is 0.103 e. The lowest BCUT2D eigenvalue weighted by atomic mass is 9.74. The molecule has 1 fully saturated rings. The number of nitrogens with one attached hydrogen (secondary N) is 1. The molecule has 0 aliphatic heterocycles. The molecule has 0 aromatic heterocycles. The second-order valence-electron chi connectivity index (χ2n) is 4.55. The molecule has 1 saturated carbocycles. The molecular weight excluding hydrogens is 216 g/mol. The molecule has 1 aromatic carbocycles. The fraction of sp³-hybridized carbons (Fsp3) is 0.462. The van der Waals surface area contributed by atoms with E-state index in [1.165, 1.54) is 31.4 Å². The van der Waals surface area contributed by atoms with E-state index in [1.807, 2.05) is 12.1 Å². The van der Waals surface area contributed by atoms with Crippen LogP contribution in [-0.2, 0) is 0 Å². The zero-order chi connectivity index (χ0) is 11.6. The van der Waals surface area contributed by atoms with Gasteiger partial charge in [0, 0.05) is 16.8 Å². The summed E-state index contributed by atoms with van der Waals surface area (Å²) in [5, 5.41) is 3.62. The van der Waals surface area contributed by atoms with Crippen LogP contribution in [0.3, 0.4) is 0 Å². The van der Waals surface area contributed by atoms with Gasteiger partial charge in [0.1, 0.15) is 4.99 Å². The van der Waals surface area contributed by atoms with Gasteiger partial charge in [0.05, 0.1) is 0 Å². The molecule has 1 aromatic rings.